The Morgan fingerprint density at radius 1 is 1.33 bits per heavy atom. The second-order valence-corrected chi connectivity index (χ2v) is 9.81. The lowest BCUT2D eigenvalue weighted by molar-refractivity contribution is -0.133. The number of nitrogens with zero attached hydrogens (tertiary/aromatic N) is 5. The molecule has 33 heavy (non-hydrogen) atoms. The van der Waals surface area contributed by atoms with Gasteiger partial charge in [0.1, 0.15) is 11.4 Å². The highest BCUT2D eigenvalue weighted by Crippen LogP contribution is 2.36. The van der Waals surface area contributed by atoms with Crippen molar-refractivity contribution in [2.24, 2.45) is 5.92 Å². The molecule has 0 N–H and O–H groups in total. The number of aromatic nitrogens is 4. The van der Waals surface area contributed by atoms with E-state index in [0.29, 0.717) is 48.9 Å². The van der Waals surface area contributed by atoms with E-state index >= 15 is 0 Å². The molecule has 3 aromatic heterocycles. The first kappa shape index (κ1) is 21.8. The number of carbonyl (C=O) groups is 1. The number of aryl methyl sites for hydroxylation is 1. The first-order valence-electron chi connectivity index (χ1n) is 10.8. The van der Waals surface area contributed by atoms with Gasteiger partial charge in [0.2, 0.25) is 11.7 Å². The van der Waals surface area contributed by atoms with Crippen molar-refractivity contribution in [1.82, 2.24) is 24.6 Å². The molecule has 0 bridgehead atoms. The van der Waals surface area contributed by atoms with E-state index in [2.05, 4.69) is 22.0 Å². The summed E-state index contributed by atoms with van der Waals surface area (Å²) in [5.41, 5.74) is 1.12. The zero-order valence-electron chi connectivity index (χ0n) is 18.2. The van der Waals surface area contributed by atoms with Gasteiger partial charge in [-0.2, -0.15) is 4.98 Å². The summed E-state index contributed by atoms with van der Waals surface area (Å²) in [4.78, 5) is 38.0. The number of hydrogen-bond acceptors (Lipinski definition) is 7. The molecule has 0 unspecified atom stereocenters. The van der Waals surface area contributed by atoms with Crippen LogP contribution < -0.4 is 5.56 Å². The van der Waals surface area contributed by atoms with E-state index in [-0.39, 0.29) is 18.0 Å². The Morgan fingerprint density at radius 3 is 2.94 bits per heavy atom. The number of likely N-dealkylation sites (tertiary alicyclic amines) is 1. The zero-order chi connectivity index (χ0) is 23.1. The van der Waals surface area contributed by atoms with Gasteiger partial charge in [-0.1, -0.05) is 35.8 Å². The van der Waals surface area contributed by atoms with Crippen LogP contribution >= 0.6 is 22.9 Å². The molecule has 1 amide bonds. The van der Waals surface area contributed by atoms with Crippen LogP contribution in [-0.2, 0) is 11.3 Å². The van der Waals surface area contributed by atoms with Gasteiger partial charge < -0.3 is 9.42 Å². The molecule has 4 aromatic rings. The number of thiophene rings is 1. The predicted molar refractivity (Wildman–Crippen MR) is 127 cm³/mol. The number of carbonyl (C=O) groups excluding carboxylic acids is 1. The molecule has 1 aromatic carbocycles. The highest BCUT2D eigenvalue weighted by Gasteiger charge is 2.24. The fourth-order valence-electron chi connectivity index (χ4n) is 4.21. The number of amides is 1. The SMILES string of the molecule is Cc1c(-c2nc(-c3ccccc3Cl)no2)sc2ncn(CC(=O)N3CCC[C@H](C)C3)c(=O)c12. The molecule has 1 aliphatic rings. The molecule has 4 heterocycles. The van der Waals surface area contributed by atoms with Gasteiger partial charge in [-0.05, 0) is 43.4 Å². The van der Waals surface area contributed by atoms with Crippen molar-refractivity contribution in [3.63, 3.8) is 0 Å². The number of rotatable bonds is 4. The Kier molecular flexibility index (Phi) is 5.76. The van der Waals surface area contributed by atoms with Crippen molar-refractivity contribution in [2.45, 2.75) is 33.2 Å². The van der Waals surface area contributed by atoms with Crippen LogP contribution in [0.4, 0.5) is 0 Å². The minimum absolute atomic E-state index is 0.0175. The minimum Gasteiger partial charge on any atom is -0.341 e. The fraction of sp³-hybridized carbons (Fsp3) is 0.348. The Labute approximate surface area is 198 Å². The quantitative estimate of drug-likeness (QED) is 0.427. The number of hydrogen-bond donors (Lipinski definition) is 0. The Bertz CT molecular complexity index is 1410. The molecule has 10 heteroatoms. The summed E-state index contributed by atoms with van der Waals surface area (Å²) < 4.78 is 6.87. The van der Waals surface area contributed by atoms with Gasteiger partial charge in [-0.3, -0.25) is 14.2 Å². The Balaban J connectivity index is 1.47. The van der Waals surface area contributed by atoms with Gasteiger partial charge in [0, 0.05) is 18.7 Å². The molecule has 1 fully saturated rings. The normalized spacial score (nSPS) is 16.5. The van der Waals surface area contributed by atoms with Crippen molar-refractivity contribution in [1.29, 1.82) is 0 Å². The Morgan fingerprint density at radius 2 is 2.15 bits per heavy atom. The van der Waals surface area contributed by atoms with E-state index in [0.717, 1.165) is 25.9 Å². The predicted octanol–water partition coefficient (Wildman–Crippen LogP) is 4.40. The molecule has 1 atom stereocenters. The molecular weight excluding hydrogens is 462 g/mol. The molecule has 0 radical (unpaired) electrons. The summed E-state index contributed by atoms with van der Waals surface area (Å²) in [5.74, 6) is 1.10. The van der Waals surface area contributed by atoms with Crippen molar-refractivity contribution in [3.05, 3.63) is 51.5 Å². The van der Waals surface area contributed by atoms with Crippen LogP contribution in [0.1, 0.15) is 25.3 Å². The second-order valence-electron chi connectivity index (χ2n) is 8.40. The van der Waals surface area contributed by atoms with Crippen LogP contribution in [0.25, 0.3) is 32.4 Å². The minimum atomic E-state index is -0.246. The first-order chi connectivity index (χ1) is 15.9. The average Bonchev–Trinajstić information content (AvgIpc) is 3.41. The Hall–Kier alpha value is -3.04. The van der Waals surface area contributed by atoms with Crippen molar-refractivity contribution < 1.29 is 9.32 Å². The number of piperidine rings is 1. The summed E-state index contributed by atoms with van der Waals surface area (Å²) in [7, 11) is 0. The molecule has 170 valence electrons. The third-order valence-electron chi connectivity index (χ3n) is 5.97. The summed E-state index contributed by atoms with van der Waals surface area (Å²) in [5, 5.41) is 5.05. The third-order valence-corrected chi connectivity index (χ3v) is 7.49. The highest BCUT2D eigenvalue weighted by molar-refractivity contribution is 7.22. The molecular formula is C23H22ClN5O3S. The van der Waals surface area contributed by atoms with Gasteiger partial charge in [-0.25, -0.2) is 4.98 Å². The lowest BCUT2D eigenvalue weighted by Crippen LogP contribution is -2.42. The number of halogens is 1. The smallest absolute Gasteiger partial charge is 0.268 e. The number of fused-ring (bicyclic) bond motifs is 1. The van der Waals surface area contributed by atoms with Crippen LogP contribution in [0.3, 0.4) is 0 Å². The van der Waals surface area contributed by atoms with Crippen molar-refractivity contribution in [2.75, 3.05) is 13.1 Å². The van der Waals surface area contributed by atoms with Gasteiger partial charge in [0.25, 0.3) is 11.4 Å². The highest BCUT2D eigenvalue weighted by atomic mass is 35.5. The van der Waals surface area contributed by atoms with E-state index in [1.54, 1.807) is 6.07 Å². The van der Waals surface area contributed by atoms with E-state index in [4.69, 9.17) is 16.1 Å². The topological polar surface area (TPSA) is 94.1 Å². The van der Waals surface area contributed by atoms with Crippen LogP contribution in [-0.4, -0.2) is 43.6 Å². The van der Waals surface area contributed by atoms with Gasteiger partial charge in [-0.15, -0.1) is 11.3 Å². The van der Waals surface area contributed by atoms with E-state index < -0.39 is 0 Å². The molecule has 1 saturated heterocycles. The van der Waals surface area contributed by atoms with Gasteiger partial charge >= 0.3 is 0 Å². The zero-order valence-corrected chi connectivity index (χ0v) is 19.8. The molecule has 0 aliphatic carbocycles. The molecule has 5 rings (SSSR count). The monoisotopic (exact) mass is 483 g/mol. The van der Waals surface area contributed by atoms with Gasteiger partial charge in [0.05, 0.1) is 21.6 Å². The molecule has 8 nitrogen and oxygen atoms in total. The van der Waals surface area contributed by atoms with Crippen LogP contribution in [0.15, 0.2) is 39.9 Å². The first-order valence-corrected chi connectivity index (χ1v) is 12.0. The van der Waals surface area contributed by atoms with Crippen LogP contribution in [0, 0.1) is 12.8 Å². The maximum absolute atomic E-state index is 13.2. The summed E-state index contributed by atoms with van der Waals surface area (Å²) >= 11 is 7.56. The second kappa shape index (κ2) is 8.72. The maximum atomic E-state index is 13.2. The van der Waals surface area contributed by atoms with Crippen LogP contribution in [0.5, 0.6) is 0 Å². The summed E-state index contributed by atoms with van der Waals surface area (Å²) in [6.45, 7) is 5.42. The largest absolute Gasteiger partial charge is 0.341 e. The molecule has 1 aliphatic heterocycles. The lowest BCUT2D eigenvalue weighted by atomic mass is 10.0. The number of benzene rings is 1. The van der Waals surface area contributed by atoms with E-state index in [1.807, 2.05) is 30.0 Å². The standard InChI is InChI=1S/C23H22ClN5O3S/c1-13-6-5-9-28(10-13)17(30)11-29-12-25-22-18(23(29)31)14(2)19(33-22)21-26-20(27-32-21)15-7-3-4-8-16(15)24/h3-4,7-8,12-13H,5-6,9-11H2,1-2H3/t13-/m0/s1. The van der Waals surface area contributed by atoms with Crippen molar-refractivity contribution >= 4 is 39.1 Å². The van der Waals surface area contributed by atoms with Crippen LogP contribution in [0.2, 0.25) is 5.02 Å². The molecule has 0 spiro atoms. The van der Waals surface area contributed by atoms with Gasteiger partial charge in [0.15, 0.2) is 0 Å². The van der Waals surface area contributed by atoms with E-state index in [9.17, 15) is 9.59 Å². The molecule has 0 saturated carbocycles. The summed E-state index contributed by atoms with van der Waals surface area (Å²) in [6, 6.07) is 7.25. The fourth-order valence-corrected chi connectivity index (χ4v) is 5.49. The average molecular weight is 484 g/mol. The van der Waals surface area contributed by atoms with E-state index in [1.165, 1.54) is 22.2 Å². The third kappa shape index (κ3) is 4.06. The lowest BCUT2D eigenvalue weighted by Gasteiger charge is -2.31. The summed E-state index contributed by atoms with van der Waals surface area (Å²) in [6.07, 6.45) is 3.56. The van der Waals surface area contributed by atoms with Crippen molar-refractivity contribution in [3.8, 4) is 22.2 Å². The maximum Gasteiger partial charge on any atom is 0.268 e.